The Morgan fingerprint density at radius 2 is 1.91 bits per heavy atom. The standard InChI is InChI=1S/C26H29N3O3/c1-31-17-18-5-4-10-29(16-18)11-12-32-21-8-9-24-20(13-21)15-25(27-24)22-14-19-6-2-3-7-23(19)28-26(22)30/h2-3,6-9,13-15,18,27H,4-5,10-12,16-17H2,1H3,(H,28,30). The predicted molar refractivity (Wildman–Crippen MR) is 128 cm³/mol. The lowest BCUT2D eigenvalue weighted by Crippen LogP contribution is -2.39. The molecule has 32 heavy (non-hydrogen) atoms. The Labute approximate surface area is 187 Å². The van der Waals surface area contributed by atoms with E-state index in [0.29, 0.717) is 18.1 Å². The molecule has 0 radical (unpaired) electrons. The summed E-state index contributed by atoms with van der Waals surface area (Å²) < 4.78 is 11.4. The molecule has 1 saturated heterocycles. The molecule has 2 aromatic heterocycles. The molecule has 1 aliphatic rings. The van der Waals surface area contributed by atoms with Crippen molar-refractivity contribution in [3.8, 4) is 17.0 Å². The largest absolute Gasteiger partial charge is 0.492 e. The molecule has 5 rings (SSSR count). The molecule has 0 saturated carbocycles. The van der Waals surface area contributed by atoms with Crippen LogP contribution in [0.25, 0.3) is 33.1 Å². The molecule has 3 heterocycles. The zero-order valence-electron chi connectivity index (χ0n) is 18.4. The number of hydrogen-bond donors (Lipinski definition) is 2. The summed E-state index contributed by atoms with van der Waals surface area (Å²) in [6.45, 7) is 4.63. The molecule has 1 unspecified atom stereocenters. The number of benzene rings is 2. The Bertz CT molecular complexity index is 1270. The number of H-pyrrole nitrogens is 2. The van der Waals surface area contributed by atoms with Crippen molar-refractivity contribution in [2.75, 3.05) is 40.0 Å². The average molecular weight is 432 g/mol. The third-order valence-corrected chi connectivity index (χ3v) is 6.32. The zero-order chi connectivity index (χ0) is 21.9. The first kappa shape index (κ1) is 20.8. The molecule has 4 aromatic rings. The monoisotopic (exact) mass is 431 g/mol. The van der Waals surface area contributed by atoms with Crippen molar-refractivity contribution in [2.24, 2.45) is 5.92 Å². The minimum atomic E-state index is -0.0972. The highest BCUT2D eigenvalue weighted by atomic mass is 16.5. The summed E-state index contributed by atoms with van der Waals surface area (Å²) >= 11 is 0. The van der Waals surface area contributed by atoms with Crippen LogP contribution in [-0.2, 0) is 4.74 Å². The fourth-order valence-corrected chi connectivity index (χ4v) is 4.71. The van der Waals surface area contributed by atoms with Crippen molar-refractivity contribution < 1.29 is 9.47 Å². The van der Waals surface area contributed by atoms with Gasteiger partial charge in [-0.25, -0.2) is 0 Å². The van der Waals surface area contributed by atoms with E-state index in [1.165, 1.54) is 12.8 Å². The second-order valence-electron chi connectivity index (χ2n) is 8.64. The lowest BCUT2D eigenvalue weighted by Gasteiger charge is -2.32. The fraction of sp³-hybridized carbons (Fsp3) is 0.346. The summed E-state index contributed by atoms with van der Waals surface area (Å²) in [5.74, 6) is 1.47. The van der Waals surface area contributed by atoms with E-state index in [0.717, 1.165) is 59.5 Å². The normalized spacial score (nSPS) is 17.2. The van der Waals surface area contributed by atoms with Gasteiger partial charge in [-0.05, 0) is 67.1 Å². The highest BCUT2D eigenvalue weighted by Gasteiger charge is 2.19. The number of ether oxygens (including phenoxy) is 2. The van der Waals surface area contributed by atoms with Gasteiger partial charge in [0.25, 0.3) is 5.56 Å². The topological polar surface area (TPSA) is 70.3 Å². The molecule has 2 aromatic carbocycles. The molecular formula is C26H29N3O3. The Morgan fingerprint density at radius 1 is 1.03 bits per heavy atom. The van der Waals surface area contributed by atoms with Crippen molar-refractivity contribution in [1.29, 1.82) is 0 Å². The summed E-state index contributed by atoms with van der Waals surface area (Å²) in [5, 5.41) is 2.04. The van der Waals surface area contributed by atoms with Gasteiger partial charge < -0.3 is 19.4 Å². The fourth-order valence-electron chi connectivity index (χ4n) is 4.71. The van der Waals surface area contributed by atoms with Crippen LogP contribution in [0.15, 0.2) is 59.4 Å². The van der Waals surface area contributed by atoms with Gasteiger partial charge in [0.2, 0.25) is 0 Å². The maximum Gasteiger partial charge on any atom is 0.257 e. The number of pyridine rings is 1. The van der Waals surface area contributed by atoms with Gasteiger partial charge in [0.05, 0.1) is 17.9 Å². The number of methoxy groups -OCH3 is 1. The van der Waals surface area contributed by atoms with E-state index in [9.17, 15) is 4.79 Å². The minimum Gasteiger partial charge on any atom is -0.492 e. The van der Waals surface area contributed by atoms with Crippen LogP contribution in [-0.4, -0.2) is 54.8 Å². The van der Waals surface area contributed by atoms with E-state index in [1.807, 2.05) is 54.6 Å². The van der Waals surface area contributed by atoms with E-state index < -0.39 is 0 Å². The second-order valence-corrected chi connectivity index (χ2v) is 8.64. The van der Waals surface area contributed by atoms with E-state index in [-0.39, 0.29) is 5.56 Å². The first-order valence-electron chi connectivity index (χ1n) is 11.3. The molecule has 0 spiro atoms. The average Bonchev–Trinajstić information content (AvgIpc) is 3.22. The quantitative estimate of drug-likeness (QED) is 0.455. The molecule has 1 atom stereocenters. The molecule has 166 valence electrons. The summed E-state index contributed by atoms with van der Waals surface area (Å²) in [7, 11) is 1.78. The van der Waals surface area contributed by atoms with Gasteiger partial charge in [-0.1, -0.05) is 18.2 Å². The number of nitrogens with zero attached hydrogens (tertiary/aromatic N) is 1. The van der Waals surface area contributed by atoms with Gasteiger partial charge >= 0.3 is 0 Å². The molecule has 1 fully saturated rings. The zero-order valence-corrected chi connectivity index (χ0v) is 18.4. The smallest absolute Gasteiger partial charge is 0.257 e. The molecule has 0 amide bonds. The molecular weight excluding hydrogens is 402 g/mol. The molecule has 0 aliphatic carbocycles. The Balaban J connectivity index is 1.28. The van der Waals surface area contributed by atoms with Crippen LogP contribution in [0.2, 0.25) is 0 Å². The van der Waals surface area contributed by atoms with Crippen LogP contribution >= 0.6 is 0 Å². The predicted octanol–water partition coefficient (Wildman–Crippen LogP) is 4.41. The Hall–Kier alpha value is -3.09. The highest BCUT2D eigenvalue weighted by Crippen LogP contribution is 2.27. The molecule has 6 heteroatoms. The number of hydrogen-bond acceptors (Lipinski definition) is 4. The van der Waals surface area contributed by atoms with Crippen molar-refractivity contribution in [1.82, 2.24) is 14.9 Å². The first-order chi connectivity index (χ1) is 15.7. The maximum atomic E-state index is 12.6. The summed E-state index contributed by atoms with van der Waals surface area (Å²) in [4.78, 5) is 21.4. The van der Waals surface area contributed by atoms with Gasteiger partial charge in [-0.2, -0.15) is 0 Å². The van der Waals surface area contributed by atoms with Crippen LogP contribution in [0.5, 0.6) is 5.75 Å². The number of piperidine rings is 1. The van der Waals surface area contributed by atoms with Crippen LogP contribution < -0.4 is 10.3 Å². The van der Waals surface area contributed by atoms with Gasteiger partial charge in [0.15, 0.2) is 0 Å². The molecule has 2 N–H and O–H groups in total. The number of para-hydroxylation sites is 1. The maximum absolute atomic E-state index is 12.6. The van der Waals surface area contributed by atoms with Crippen molar-refractivity contribution >= 4 is 21.8 Å². The number of fused-ring (bicyclic) bond motifs is 2. The minimum absolute atomic E-state index is 0.0972. The van der Waals surface area contributed by atoms with Gasteiger partial charge in [0, 0.05) is 36.6 Å². The lowest BCUT2D eigenvalue weighted by atomic mass is 9.99. The van der Waals surface area contributed by atoms with Crippen molar-refractivity contribution in [3.63, 3.8) is 0 Å². The Kier molecular flexibility index (Phi) is 5.97. The number of aromatic amines is 2. The van der Waals surface area contributed by atoms with E-state index in [4.69, 9.17) is 9.47 Å². The van der Waals surface area contributed by atoms with E-state index in [1.54, 1.807) is 7.11 Å². The summed E-state index contributed by atoms with van der Waals surface area (Å²) in [5.41, 5.74) is 3.17. The highest BCUT2D eigenvalue weighted by molar-refractivity contribution is 5.89. The van der Waals surface area contributed by atoms with Gasteiger partial charge in [-0.15, -0.1) is 0 Å². The van der Waals surface area contributed by atoms with Crippen molar-refractivity contribution in [2.45, 2.75) is 12.8 Å². The molecule has 6 nitrogen and oxygen atoms in total. The van der Waals surface area contributed by atoms with E-state index >= 15 is 0 Å². The third-order valence-electron chi connectivity index (χ3n) is 6.32. The van der Waals surface area contributed by atoms with Crippen LogP contribution in [0.1, 0.15) is 12.8 Å². The van der Waals surface area contributed by atoms with Gasteiger partial charge in [-0.3, -0.25) is 9.69 Å². The number of nitrogens with one attached hydrogen (secondary N) is 2. The summed E-state index contributed by atoms with van der Waals surface area (Å²) in [6.07, 6.45) is 2.47. The second kappa shape index (κ2) is 9.18. The summed E-state index contributed by atoms with van der Waals surface area (Å²) in [6, 6.07) is 17.8. The SMILES string of the molecule is COCC1CCCN(CCOc2ccc3[nH]c(-c4cc5ccccc5[nH]c4=O)cc3c2)C1. The van der Waals surface area contributed by atoms with Crippen molar-refractivity contribution in [3.05, 3.63) is 65.0 Å². The number of likely N-dealkylation sites (tertiary alicyclic amines) is 1. The number of rotatable bonds is 7. The molecule has 0 bridgehead atoms. The van der Waals surface area contributed by atoms with Crippen LogP contribution in [0.3, 0.4) is 0 Å². The third kappa shape index (κ3) is 4.42. The molecule has 1 aliphatic heterocycles. The van der Waals surface area contributed by atoms with E-state index in [2.05, 4.69) is 14.9 Å². The lowest BCUT2D eigenvalue weighted by molar-refractivity contribution is 0.0832. The Morgan fingerprint density at radius 3 is 2.81 bits per heavy atom. The number of aromatic nitrogens is 2. The van der Waals surface area contributed by atoms with Crippen LogP contribution in [0.4, 0.5) is 0 Å². The first-order valence-corrected chi connectivity index (χ1v) is 11.3. The van der Waals surface area contributed by atoms with Crippen LogP contribution in [0, 0.1) is 5.92 Å². The van der Waals surface area contributed by atoms with Gasteiger partial charge in [0.1, 0.15) is 12.4 Å².